The molecule has 7 heteroatoms. The number of pyridine rings is 1. The molecule has 0 spiro atoms. The number of urea groups is 1. The van der Waals surface area contributed by atoms with Crippen molar-refractivity contribution in [3.05, 3.63) is 47.7 Å². The Morgan fingerprint density at radius 1 is 1.03 bits per heavy atom. The van der Waals surface area contributed by atoms with Crippen molar-refractivity contribution in [2.24, 2.45) is 5.92 Å². The van der Waals surface area contributed by atoms with E-state index in [4.69, 9.17) is 14.2 Å². The number of carbonyl (C=O) groups is 1. The molecule has 1 aliphatic carbocycles. The molecule has 2 atom stereocenters. The number of amides is 2. The van der Waals surface area contributed by atoms with Gasteiger partial charge in [0.2, 0.25) is 5.88 Å². The van der Waals surface area contributed by atoms with Crippen LogP contribution in [0.2, 0.25) is 0 Å². The van der Waals surface area contributed by atoms with E-state index in [1.807, 2.05) is 29.2 Å². The minimum atomic E-state index is -0.0654. The zero-order valence-corrected chi connectivity index (χ0v) is 18.9. The molecule has 168 valence electrons. The second-order valence-corrected chi connectivity index (χ2v) is 8.01. The van der Waals surface area contributed by atoms with Crippen LogP contribution < -0.4 is 19.5 Å². The van der Waals surface area contributed by atoms with Gasteiger partial charge in [-0.1, -0.05) is 31.9 Å². The van der Waals surface area contributed by atoms with Gasteiger partial charge in [0.1, 0.15) is 0 Å². The van der Waals surface area contributed by atoms with Crippen LogP contribution >= 0.6 is 0 Å². The average molecular weight is 428 g/mol. The third-order valence-corrected chi connectivity index (χ3v) is 5.98. The van der Waals surface area contributed by atoms with Crippen LogP contribution in [0.15, 0.2) is 36.5 Å². The molecule has 2 amide bonds. The summed E-state index contributed by atoms with van der Waals surface area (Å²) in [6, 6.07) is 9.67. The number of hydrogen-bond acceptors (Lipinski definition) is 5. The van der Waals surface area contributed by atoms with Crippen molar-refractivity contribution in [1.82, 2.24) is 15.2 Å². The lowest BCUT2D eigenvalue weighted by molar-refractivity contribution is 0.121. The topological polar surface area (TPSA) is 72.9 Å². The van der Waals surface area contributed by atoms with Crippen LogP contribution in [0.4, 0.5) is 4.79 Å². The summed E-state index contributed by atoms with van der Waals surface area (Å²) in [7, 11) is 4.83. The minimum Gasteiger partial charge on any atom is -0.493 e. The van der Waals surface area contributed by atoms with Crippen molar-refractivity contribution in [3.8, 4) is 17.4 Å². The Hall–Kier alpha value is -2.96. The molecule has 2 unspecified atom stereocenters. The van der Waals surface area contributed by atoms with Crippen molar-refractivity contribution in [1.29, 1.82) is 0 Å². The molecular formula is C24H33N3O4. The Morgan fingerprint density at radius 3 is 2.42 bits per heavy atom. The molecule has 1 fully saturated rings. The number of ether oxygens (including phenoxy) is 3. The summed E-state index contributed by atoms with van der Waals surface area (Å²) in [6.07, 6.45) is 6.25. The average Bonchev–Trinajstić information content (AvgIpc) is 2.81. The number of rotatable bonds is 8. The first-order valence-electron chi connectivity index (χ1n) is 10.8. The molecule has 2 aromatic rings. The number of nitrogens with zero attached hydrogens (tertiary/aromatic N) is 2. The Kier molecular flexibility index (Phi) is 7.98. The largest absolute Gasteiger partial charge is 0.493 e. The number of nitrogens with one attached hydrogen (secondary N) is 1. The third-order valence-electron chi connectivity index (χ3n) is 5.98. The van der Waals surface area contributed by atoms with E-state index in [1.165, 1.54) is 6.42 Å². The molecule has 1 heterocycles. The number of hydrogen-bond donors (Lipinski definition) is 1. The van der Waals surface area contributed by atoms with Gasteiger partial charge in [-0.2, -0.15) is 0 Å². The van der Waals surface area contributed by atoms with Crippen LogP contribution in [0.3, 0.4) is 0 Å². The predicted octanol–water partition coefficient (Wildman–Crippen LogP) is 4.40. The second kappa shape index (κ2) is 10.9. The molecule has 0 bridgehead atoms. The number of aromatic nitrogens is 1. The van der Waals surface area contributed by atoms with E-state index in [2.05, 4.69) is 17.2 Å². The van der Waals surface area contributed by atoms with Gasteiger partial charge in [0.25, 0.3) is 0 Å². The Balaban J connectivity index is 1.76. The lowest BCUT2D eigenvalue weighted by Gasteiger charge is -2.38. The van der Waals surface area contributed by atoms with Crippen LogP contribution in [-0.4, -0.2) is 43.3 Å². The van der Waals surface area contributed by atoms with Gasteiger partial charge >= 0.3 is 6.03 Å². The van der Waals surface area contributed by atoms with E-state index >= 15 is 0 Å². The monoisotopic (exact) mass is 427 g/mol. The lowest BCUT2D eigenvalue weighted by Crippen LogP contribution is -2.49. The number of benzene rings is 1. The van der Waals surface area contributed by atoms with Gasteiger partial charge < -0.3 is 24.4 Å². The molecule has 1 aromatic heterocycles. The molecule has 0 radical (unpaired) electrons. The molecule has 1 N–H and O–H groups in total. The maximum absolute atomic E-state index is 13.3. The van der Waals surface area contributed by atoms with Gasteiger partial charge in [-0.05, 0) is 42.0 Å². The zero-order valence-electron chi connectivity index (χ0n) is 18.9. The van der Waals surface area contributed by atoms with Crippen molar-refractivity contribution in [2.75, 3.05) is 21.3 Å². The first kappa shape index (κ1) is 22.7. The van der Waals surface area contributed by atoms with Gasteiger partial charge in [-0.3, -0.25) is 0 Å². The summed E-state index contributed by atoms with van der Waals surface area (Å²) in [6.45, 7) is 3.17. The van der Waals surface area contributed by atoms with Crippen molar-refractivity contribution in [3.63, 3.8) is 0 Å². The van der Waals surface area contributed by atoms with E-state index < -0.39 is 0 Å². The lowest BCUT2D eigenvalue weighted by atomic mass is 9.85. The standard InChI is InChI=1S/C24H33N3O4/c1-17-7-5-6-8-20(17)27(16-18-9-11-21(29-2)22(13-18)30-3)24(28)26-15-19-10-12-23(31-4)25-14-19/h9-14,17,20H,5-8,15-16H2,1-4H3,(H,26,28). The maximum Gasteiger partial charge on any atom is 0.318 e. The molecule has 1 saturated carbocycles. The Labute approximate surface area is 184 Å². The second-order valence-electron chi connectivity index (χ2n) is 8.01. The van der Waals surface area contributed by atoms with Gasteiger partial charge in [0.05, 0.1) is 21.3 Å². The molecule has 7 nitrogen and oxygen atoms in total. The highest BCUT2D eigenvalue weighted by Crippen LogP contribution is 2.32. The highest BCUT2D eigenvalue weighted by atomic mass is 16.5. The van der Waals surface area contributed by atoms with Gasteiger partial charge in [0, 0.05) is 31.4 Å². The fraction of sp³-hybridized carbons (Fsp3) is 0.500. The van der Waals surface area contributed by atoms with E-state index in [0.717, 1.165) is 30.4 Å². The van der Waals surface area contributed by atoms with Crippen LogP contribution in [0, 0.1) is 5.92 Å². The molecule has 1 aromatic carbocycles. The summed E-state index contributed by atoms with van der Waals surface area (Å²) in [5.41, 5.74) is 1.94. The quantitative estimate of drug-likeness (QED) is 0.676. The zero-order chi connectivity index (χ0) is 22.2. The molecule has 0 aliphatic heterocycles. The van der Waals surface area contributed by atoms with E-state index in [-0.39, 0.29) is 12.1 Å². The molecular weight excluding hydrogens is 394 g/mol. The van der Waals surface area contributed by atoms with E-state index in [0.29, 0.717) is 36.4 Å². The fourth-order valence-electron chi connectivity index (χ4n) is 4.19. The molecule has 31 heavy (non-hydrogen) atoms. The predicted molar refractivity (Wildman–Crippen MR) is 120 cm³/mol. The summed E-state index contributed by atoms with van der Waals surface area (Å²) >= 11 is 0. The minimum absolute atomic E-state index is 0.0654. The van der Waals surface area contributed by atoms with Crippen molar-refractivity contribution >= 4 is 6.03 Å². The number of methoxy groups -OCH3 is 3. The van der Waals surface area contributed by atoms with Crippen molar-refractivity contribution < 1.29 is 19.0 Å². The first-order chi connectivity index (χ1) is 15.0. The third kappa shape index (κ3) is 5.81. The van der Waals surface area contributed by atoms with Crippen LogP contribution in [0.5, 0.6) is 17.4 Å². The summed E-state index contributed by atoms with van der Waals surface area (Å²) in [4.78, 5) is 19.5. The normalized spacial score (nSPS) is 18.2. The van der Waals surface area contributed by atoms with Gasteiger partial charge in [-0.15, -0.1) is 0 Å². The maximum atomic E-state index is 13.3. The highest BCUT2D eigenvalue weighted by Gasteiger charge is 2.30. The van der Waals surface area contributed by atoms with E-state index in [9.17, 15) is 4.79 Å². The number of carbonyl (C=O) groups excluding carboxylic acids is 1. The molecule has 3 rings (SSSR count). The highest BCUT2D eigenvalue weighted by molar-refractivity contribution is 5.74. The van der Waals surface area contributed by atoms with Crippen LogP contribution in [0.1, 0.15) is 43.7 Å². The smallest absolute Gasteiger partial charge is 0.318 e. The molecule has 0 saturated heterocycles. The van der Waals surface area contributed by atoms with Gasteiger partial charge in [0.15, 0.2) is 11.5 Å². The van der Waals surface area contributed by atoms with Crippen LogP contribution in [0.25, 0.3) is 0 Å². The van der Waals surface area contributed by atoms with Crippen LogP contribution in [-0.2, 0) is 13.1 Å². The van der Waals surface area contributed by atoms with Gasteiger partial charge in [-0.25, -0.2) is 9.78 Å². The summed E-state index contributed by atoms with van der Waals surface area (Å²) < 4.78 is 15.9. The summed E-state index contributed by atoms with van der Waals surface area (Å²) in [5, 5.41) is 3.08. The Bertz CT molecular complexity index is 856. The first-order valence-corrected chi connectivity index (χ1v) is 10.8. The SMILES string of the molecule is COc1ccc(CNC(=O)N(Cc2ccc(OC)c(OC)c2)C2CCCCC2C)cn1. The fourth-order valence-corrected chi connectivity index (χ4v) is 4.19. The van der Waals surface area contributed by atoms with E-state index in [1.54, 1.807) is 33.6 Å². The molecule has 1 aliphatic rings. The Morgan fingerprint density at radius 2 is 1.77 bits per heavy atom. The van der Waals surface area contributed by atoms with Crippen molar-refractivity contribution in [2.45, 2.75) is 51.7 Å². The summed E-state index contributed by atoms with van der Waals surface area (Å²) in [5.74, 6) is 2.37.